The van der Waals surface area contributed by atoms with Crippen LogP contribution in [0.25, 0.3) is 34.2 Å². The molecule has 0 saturated carbocycles. The Balaban J connectivity index is 1.25. The number of hydrogen-bond donors (Lipinski definition) is 0. The van der Waals surface area contributed by atoms with Crippen LogP contribution >= 0.6 is 7.14 Å². The largest absolute Gasteiger partial charge is 0.309 e. The molecule has 8 rings (SSSR count). The summed E-state index contributed by atoms with van der Waals surface area (Å²) in [5.74, 6) is 1.85. The third-order valence-electron chi connectivity index (χ3n) is 8.13. The first-order valence-corrected chi connectivity index (χ1v) is 16.5. The molecule has 0 spiro atoms. The van der Waals surface area contributed by atoms with Gasteiger partial charge in [-0.2, -0.15) is 0 Å². The van der Waals surface area contributed by atoms with E-state index in [2.05, 4.69) is 29.2 Å². The van der Waals surface area contributed by atoms with Crippen molar-refractivity contribution in [3.8, 4) is 34.2 Å². The highest BCUT2D eigenvalue weighted by atomic mass is 31.2. The summed E-state index contributed by atoms with van der Waals surface area (Å²) in [4.78, 5) is 16.8. The third-order valence-corrected chi connectivity index (χ3v) is 11.3. The molecular formula is C39H27N4OP. The van der Waals surface area contributed by atoms with Crippen molar-refractivity contribution in [2.75, 3.05) is 4.90 Å². The van der Waals surface area contributed by atoms with Gasteiger partial charge in [0.2, 0.25) is 0 Å². The molecule has 1 aliphatic heterocycles. The van der Waals surface area contributed by atoms with Gasteiger partial charge in [0.05, 0.1) is 11.4 Å². The lowest BCUT2D eigenvalue weighted by Crippen LogP contribution is -2.36. The molecule has 0 aliphatic carbocycles. The maximum absolute atomic E-state index is 15.1. The Morgan fingerprint density at radius 3 is 1.24 bits per heavy atom. The van der Waals surface area contributed by atoms with E-state index in [0.717, 1.165) is 49.7 Å². The minimum absolute atomic E-state index is 0.599. The van der Waals surface area contributed by atoms with E-state index in [4.69, 9.17) is 15.0 Å². The van der Waals surface area contributed by atoms with Crippen LogP contribution in [0.4, 0.5) is 17.1 Å². The normalized spacial score (nSPS) is 13.1. The number of rotatable bonds is 5. The van der Waals surface area contributed by atoms with Crippen molar-refractivity contribution in [1.82, 2.24) is 15.0 Å². The highest BCUT2D eigenvalue weighted by Gasteiger charge is 2.40. The molecule has 6 heteroatoms. The molecule has 1 aliphatic rings. The molecule has 7 aromatic rings. The van der Waals surface area contributed by atoms with E-state index in [9.17, 15) is 0 Å². The van der Waals surface area contributed by atoms with Crippen LogP contribution in [-0.2, 0) is 4.57 Å². The Hall–Kier alpha value is -5.64. The van der Waals surface area contributed by atoms with E-state index >= 15 is 4.57 Å². The van der Waals surface area contributed by atoms with Gasteiger partial charge in [-0.1, -0.05) is 115 Å². The molecule has 0 saturated heterocycles. The Labute approximate surface area is 261 Å². The molecule has 45 heavy (non-hydrogen) atoms. The molecule has 0 bridgehead atoms. The summed E-state index contributed by atoms with van der Waals surface area (Å²) in [6.45, 7) is 0. The van der Waals surface area contributed by atoms with Crippen molar-refractivity contribution in [2.24, 2.45) is 0 Å². The topological polar surface area (TPSA) is 59.0 Å². The van der Waals surface area contributed by atoms with Crippen molar-refractivity contribution in [3.63, 3.8) is 0 Å². The van der Waals surface area contributed by atoms with Gasteiger partial charge in [-0.15, -0.1) is 0 Å². The maximum Gasteiger partial charge on any atom is 0.175 e. The van der Waals surface area contributed by atoms with Gasteiger partial charge in [0.25, 0.3) is 0 Å². The lowest BCUT2D eigenvalue weighted by molar-refractivity contribution is 0.592. The van der Waals surface area contributed by atoms with E-state index < -0.39 is 7.14 Å². The first kappa shape index (κ1) is 26.9. The van der Waals surface area contributed by atoms with Gasteiger partial charge in [-0.25, -0.2) is 15.0 Å². The van der Waals surface area contributed by atoms with E-state index in [0.29, 0.717) is 17.5 Å². The van der Waals surface area contributed by atoms with Gasteiger partial charge in [0.15, 0.2) is 24.6 Å². The van der Waals surface area contributed by atoms with Gasteiger partial charge >= 0.3 is 0 Å². The van der Waals surface area contributed by atoms with Gasteiger partial charge in [-0.3, -0.25) is 0 Å². The zero-order chi connectivity index (χ0) is 30.2. The molecule has 2 heterocycles. The molecule has 0 unspecified atom stereocenters. The highest BCUT2D eigenvalue weighted by molar-refractivity contribution is 7.86. The SMILES string of the molecule is O=P1(c2ccccc2)c2ccccc2N(c2ccc(-c3nc(-c4ccccc4)nc(-c4ccccc4)n3)cc2)c2ccccc21. The summed E-state index contributed by atoms with van der Waals surface area (Å²) in [6, 6.07) is 54.1. The molecule has 0 amide bonds. The first-order valence-electron chi connectivity index (χ1n) is 14.8. The van der Waals surface area contributed by atoms with Crippen LogP contribution in [0.2, 0.25) is 0 Å². The minimum atomic E-state index is -3.10. The zero-order valence-electron chi connectivity index (χ0n) is 24.2. The number of anilines is 3. The monoisotopic (exact) mass is 598 g/mol. The van der Waals surface area contributed by atoms with E-state index in [1.54, 1.807) is 0 Å². The predicted octanol–water partition coefficient (Wildman–Crippen LogP) is 8.30. The van der Waals surface area contributed by atoms with Crippen LogP contribution in [0.15, 0.2) is 164 Å². The molecule has 0 N–H and O–H groups in total. The van der Waals surface area contributed by atoms with Crippen molar-refractivity contribution in [3.05, 3.63) is 164 Å². The van der Waals surface area contributed by atoms with Gasteiger partial charge in [-0.05, 0) is 48.5 Å². The summed E-state index contributed by atoms with van der Waals surface area (Å²) in [7, 11) is -3.10. The maximum atomic E-state index is 15.1. The lowest BCUT2D eigenvalue weighted by Gasteiger charge is -2.37. The van der Waals surface area contributed by atoms with Crippen LogP contribution < -0.4 is 20.8 Å². The molecule has 0 fully saturated rings. The number of para-hydroxylation sites is 2. The third kappa shape index (κ3) is 4.66. The summed E-state index contributed by atoms with van der Waals surface area (Å²) in [6.07, 6.45) is 0. The Morgan fingerprint density at radius 2 is 0.778 bits per heavy atom. The standard InChI is InChI=1S/C39H27N4OP/c44-45(32-18-8-3-9-19-32)35-22-12-10-20-33(35)43(34-21-11-13-23-36(34)45)31-26-24-30(25-27-31)39-41-37(28-14-4-1-5-15-28)40-38(42-39)29-16-6-2-7-17-29/h1-27H. The average molecular weight is 599 g/mol. The lowest BCUT2D eigenvalue weighted by atomic mass is 10.1. The van der Waals surface area contributed by atoms with E-state index in [-0.39, 0.29) is 0 Å². The number of hydrogen-bond acceptors (Lipinski definition) is 5. The van der Waals surface area contributed by atoms with Crippen LogP contribution in [-0.4, -0.2) is 15.0 Å². The quantitative estimate of drug-likeness (QED) is 0.187. The first-order chi connectivity index (χ1) is 22.2. The molecule has 0 atom stereocenters. The van der Waals surface area contributed by atoms with Crippen molar-refractivity contribution < 1.29 is 4.57 Å². The van der Waals surface area contributed by atoms with Gasteiger partial charge < -0.3 is 9.46 Å². The number of fused-ring (bicyclic) bond motifs is 2. The summed E-state index contributed by atoms with van der Waals surface area (Å²) >= 11 is 0. The Bertz CT molecular complexity index is 2080. The van der Waals surface area contributed by atoms with E-state index in [1.165, 1.54) is 0 Å². The number of benzene rings is 6. The van der Waals surface area contributed by atoms with Gasteiger partial charge in [0, 0.05) is 38.3 Å². The molecule has 1 aromatic heterocycles. The highest BCUT2D eigenvalue weighted by Crippen LogP contribution is 2.53. The second kappa shape index (κ2) is 11.1. The summed E-state index contributed by atoms with van der Waals surface area (Å²) in [5.41, 5.74) is 5.52. The van der Waals surface area contributed by atoms with Crippen molar-refractivity contribution >= 4 is 40.1 Å². The average Bonchev–Trinajstić information content (AvgIpc) is 3.13. The van der Waals surface area contributed by atoms with Crippen molar-refractivity contribution in [1.29, 1.82) is 0 Å². The fourth-order valence-corrected chi connectivity index (χ4v) is 8.98. The van der Waals surface area contributed by atoms with Crippen LogP contribution in [0.3, 0.4) is 0 Å². The smallest absolute Gasteiger partial charge is 0.175 e. The second-order valence-electron chi connectivity index (χ2n) is 10.8. The minimum Gasteiger partial charge on any atom is -0.309 e. The molecule has 5 nitrogen and oxygen atoms in total. The fourth-order valence-electron chi connectivity index (χ4n) is 5.99. The van der Waals surface area contributed by atoms with Crippen molar-refractivity contribution in [2.45, 2.75) is 0 Å². The van der Waals surface area contributed by atoms with E-state index in [1.807, 2.05) is 140 Å². The van der Waals surface area contributed by atoms with Gasteiger partial charge in [0.1, 0.15) is 0 Å². The van der Waals surface area contributed by atoms with Crippen LogP contribution in [0.5, 0.6) is 0 Å². The molecule has 214 valence electrons. The second-order valence-corrected chi connectivity index (χ2v) is 13.5. The summed E-state index contributed by atoms with van der Waals surface area (Å²) in [5, 5.41) is 2.49. The number of nitrogens with zero attached hydrogens (tertiary/aromatic N) is 4. The number of aromatic nitrogens is 3. The van der Waals surface area contributed by atoms with Crippen LogP contribution in [0, 0.1) is 0 Å². The fraction of sp³-hybridized carbons (Fsp3) is 0. The van der Waals surface area contributed by atoms with Crippen LogP contribution in [0.1, 0.15) is 0 Å². The predicted molar refractivity (Wildman–Crippen MR) is 184 cm³/mol. The molecular weight excluding hydrogens is 571 g/mol. The Morgan fingerprint density at radius 1 is 0.400 bits per heavy atom. The Kier molecular flexibility index (Phi) is 6.66. The zero-order valence-corrected chi connectivity index (χ0v) is 25.1. The summed E-state index contributed by atoms with van der Waals surface area (Å²) < 4.78 is 15.1. The molecule has 6 aromatic carbocycles. The molecule has 0 radical (unpaired) electrons.